The van der Waals surface area contributed by atoms with E-state index in [1.54, 1.807) is 12.1 Å². The fourth-order valence-corrected chi connectivity index (χ4v) is 2.52. The number of fused-ring (bicyclic) bond motifs is 1. The number of benzene rings is 3. The molecule has 4 heteroatoms. The molecule has 0 bridgehead atoms. The molecule has 0 heterocycles. The Balaban J connectivity index is 1.74. The summed E-state index contributed by atoms with van der Waals surface area (Å²) in [6, 6.07) is 19.5. The first kappa shape index (κ1) is 16.0. The Morgan fingerprint density at radius 1 is 1.04 bits per heavy atom. The highest BCUT2D eigenvalue weighted by Crippen LogP contribution is 2.22. The van der Waals surface area contributed by atoms with Gasteiger partial charge in [-0.2, -0.15) is 0 Å². The number of hydrogen-bond donors (Lipinski definition) is 1. The van der Waals surface area contributed by atoms with Gasteiger partial charge in [0.1, 0.15) is 11.6 Å². The van der Waals surface area contributed by atoms with Crippen LogP contribution in [0.3, 0.4) is 0 Å². The second-order valence-electron chi connectivity index (χ2n) is 5.52. The third-order valence-electron chi connectivity index (χ3n) is 3.75. The second kappa shape index (κ2) is 7.13. The van der Waals surface area contributed by atoms with Gasteiger partial charge in [-0.3, -0.25) is 4.79 Å². The van der Waals surface area contributed by atoms with Gasteiger partial charge in [-0.05, 0) is 47.5 Å². The summed E-state index contributed by atoms with van der Waals surface area (Å²) in [6.07, 6.45) is -0.136. The number of anilines is 1. The van der Waals surface area contributed by atoms with Crippen LogP contribution in [-0.4, -0.2) is 12.0 Å². The molecule has 3 aromatic carbocycles. The average molecular weight is 323 g/mol. The van der Waals surface area contributed by atoms with Crippen LogP contribution in [0.1, 0.15) is 13.3 Å². The summed E-state index contributed by atoms with van der Waals surface area (Å²) in [5.41, 5.74) is 0.417. The quantitative estimate of drug-likeness (QED) is 0.734. The Morgan fingerprint density at radius 2 is 1.83 bits per heavy atom. The van der Waals surface area contributed by atoms with Crippen LogP contribution < -0.4 is 10.1 Å². The van der Waals surface area contributed by atoms with Crippen LogP contribution in [0.25, 0.3) is 10.8 Å². The maximum atomic E-state index is 13.2. The van der Waals surface area contributed by atoms with E-state index in [2.05, 4.69) is 5.32 Å². The number of halogens is 1. The largest absolute Gasteiger partial charge is 0.481 e. The van der Waals surface area contributed by atoms with Crippen molar-refractivity contribution in [2.45, 2.75) is 19.4 Å². The predicted molar refractivity (Wildman–Crippen MR) is 93.7 cm³/mol. The zero-order chi connectivity index (χ0) is 16.9. The molecule has 0 saturated carbocycles. The van der Waals surface area contributed by atoms with Gasteiger partial charge in [0.25, 0.3) is 5.91 Å². The molecule has 0 radical (unpaired) electrons. The molecular weight excluding hydrogens is 305 g/mol. The van der Waals surface area contributed by atoms with Crippen molar-refractivity contribution in [1.29, 1.82) is 0 Å². The Hall–Kier alpha value is -2.88. The van der Waals surface area contributed by atoms with E-state index >= 15 is 0 Å². The summed E-state index contributed by atoms with van der Waals surface area (Å²) in [6.45, 7) is 1.87. The van der Waals surface area contributed by atoms with Crippen LogP contribution in [0.2, 0.25) is 0 Å². The predicted octanol–water partition coefficient (Wildman–Crippen LogP) is 4.78. The van der Waals surface area contributed by atoms with E-state index in [-0.39, 0.29) is 5.91 Å². The summed E-state index contributed by atoms with van der Waals surface area (Å²) in [7, 11) is 0. The van der Waals surface area contributed by atoms with E-state index < -0.39 is 11.9 Å². The molecule has 0 aromatic heterocycles. The third kappa shape index (κ3) is 3.71. The molecule has 3 rings (SSSR count). The van der Waals surface area contributed by atoms with Crippen molar-refractivity contribution in [3.8, 4) is 5.75 Å². The van der Waals surface area contributed by atoms with Crippen LogP contribution in [-0.2, 0) is 4.79 Å². The maximum Gasteiger partial charge on any atom is 0.265 e. The second-order valence-corrected chi connectivity index (χ2v) is 5.52. The molecule has 0 unspecified atom stereocenters. The SMILES string of the molecule is CC[C@H](Oc1ccc2ccccc2c1)C(=O)Nc1cccc(F)c1. The minimum atomic E-state index is -0.644. The van der Waals surface area contributed by atoms with Crippen molar-refractivity contribution in [3.63, 3.8) is 0 Å². The lowest BCUT2D eigenvalue weighted by Crippen LogP contribution is -2.32. The molecule has 122 valence electrons. The highest BCUT2D eigenvalue weighted by atomic mass is 19.1. The first-order valence-corrected chi connectivity index (χ1v) is 7.87. The zero-order valence-corrected chi connectivity index (χ0v) is 13.3. The van der Waals surface area contributed by atoms with E-state index in [0.29, 0.717) is 17.9 Å². The lowest BCUT2D eigenvalue weighted by molar-refractivity contribution is -0.122. The Bertz CT molecular complexity index is 863. The van der Waals surface area contributed by atoms with E-state index in [0.717, 1.165) is 10.8 Å². The maximum absolute atomic E-state index is 13.2. The van der Waals surface area contributed by atoms with Crippen molar-refractivity contribution < 1.29 is 13.9 Å². The van der Waals surface area contributed by atoms with Crippen molar-refractivity contribution in [3.05, 3.63) is 72.5 Å². The molecule has 1 amide bonds. The molecule has 0 aliphatic rings. The smallest absolute Gasteiger partial charge is 0.265 e. The van der Waals surface area contributed by atoms with Gasteiger partial charge in [0.05, 0.1) is 0 Å². The normalized spacial score (nSPS) is 11.9. The lowest BCUT2D eigenvalue weighted by atomic mass is 10.1. The molecule has 3 nitrogen and oxygen atoms in total. The first-order valence-electron chi connectivity index (χ1n) is 7.87. The summed E-state index contributed by atoms with van der Waals surface area (Å²) >= 11 is 0. The number of carbonyl (C=O) groups excluding carboxylic acids is 1. The van der Waals surface area contributed by atoms with Gasteiger partial charge in [0, 0.05) is 5.69 Å². The number of nitrogens with one attached hydrogen (secondary N) is 1. The van der Waals surface area contributed by atoms with Crippen molar-refractivity contribution in [1.82, 2.24) is 0 Å². The molecule has 24 heavy (non-hydrogen) atoms. The first-order chi connectivity index (χ1) is 11.7. The van der Waals surface area contributed by atoms with Gasteiger partial charge in [-0.25, -0.2) is 4.39 Å². The van der Waals surface area contributed by atoms with Crippen LogP contribution in [0.15, 0.2) is 66.7 Å². The number of amides is 1. The highest BCUT2D eigenvalue weighted by Gasteiger charge is 2.18. The molecule has 0 fully saturated rings. The van der Waals surface area contributed by atoms with Crippen LogP contribution in [0.4, 0.5) is 10.1 Å². The van der Waals surface area contributed by atoms with Crippen molar-refractivity contribution in [2.75, 3.05) is 5.32 Å². The van der Waals surface area contributed by atoms with Crippen LogP contribution in [0, 0.1) is 5.82 Å². The van der Waals surface area contributed by atoms with Crippen LogP contribution in [0.5, 0.6) is 5.75 Å². The number of ether oxygens (including phenoxy) is 1. The molecule has 0 aliphatic carbocycles. The van der Waals surface area contributed by atoms with Crippen LogP contribution >= 0.6 is 0 Å². The minimum absolute atomic E-state index is 0.295. The Morgan fingerprint density at radius 3 is 2.58 bits per heavy atom. The van der Waals surface area contributed by atoms with Gasteiger partial charge in [0.2, 0.25) is 0 Å². The fraction of sp³-hybridized carbons (Fsp3) is 0.150. The van der Waals surface area contributed by atoms with Gasteiger partial charge >= 0.3 is 0 Å². The summed E-state index contributed by atoms with van der Waals surface area (Å²) < 4.78 is 19.0. The van der Waals surface area contributed by atoms with E-state index in [1.165, 1.54) is 12.1 Å². The summed E-state index contributed by atoms with van der Waals surface area (Å²) in [5, 5.41) is 4.85. The van der Waals surface area contributed by atoms with Gasteiger partial charge < -0.3 is 10.1 Å². The molecule has 1 N–H and O–H groups in total. The minimum Gasteiger partial charge on any atom is -0.481 e. The van der Waals surface area contributed by atoms with Crippen molar-refractivity contribution >= 4 is 22.4 Å². The molecule has 3 aromatic rings. The number of carbonyl (C=O) groups is 1. The van der Waals surface area contributed by atoms with E-state index in [9.17, 15) is 9.18 Å². The number of hydrogen-bond acceptors (Lipinski definition) is 2. The average Bonchev–Trinajstić information content (AvgIpc) is 2.59. The molecule has 0 saturated heterocycles. The highest BCUT2D eigenvalue weighted by molar-refractivity contribution is 5.94. The summed E-state index contributed by atoms with van der Waals surface area (Å²) in [5.74, 6) is -0.0532. The standard InChI is InChI=1S/C20H18FNO2/c1-2-19(20(23)22-17-9-5-8-16(21)13-17)24-18-11-10-14-6-3-4-7-15(14)12-18/h3-13,19H,2H2,1H3,(H,22,23)/t19-/m0/s1. The third-order valence-corrected chi connectivity index (χ3v) is 3.75. The Kier molecular flexibility index (Phi) is 4.75. The molecule has 1 atom stereocenters. The lowest BCUT2D eigenvalue weighted by Gasteiger charge is -2.17. The Labute approximate surface area is 140 Å². The molecular formula is C20H18FNO2. The summed E-state index contributed by atoms with van der Waals surface area (Å²) in [4.78, 5) is 12.4. The molecule has 0 aliphatic heterocycles. The van der Waals surface area contributed by atoms with Gasteiger partial charge in [-0.15, -0.1) is 0 Å². The zero-order valence-electron chi connectivity index (χ0n) is 13.3. The van der Waals surface area contributed by atoms with Gasteiger partial charge in [0.15, 0.2) is 6.10 Å². The molecule has 0 spiro atoms. The van der Waals surface area contributed by atoms with E-state index in [4.69, 9.17) is 4.74 Å². The van der Waals surface area contributed by atoms with E-state index in [1.807, 2.05) is 49.4 Å². The van der Waals surface area contributed by atoms with Crippen molar-refractivity contribution in [2.24, 2.45) is 0 Å². The van der Waals surface area contributed by atoms with Gasteiger partial charge in [-0.1, -0.05) is 43.3 Å². The topological polar surface area (TPSA) is 38.3 Å². The monoisotopic (exact) mass is 323 g/mol. The fourth-order valence-electron chi connectivity index (χ4n) is 2.52. The number of rotatable bonds is 5.